The van der Waals surface area contributed by atoms with Gasteiger partial charge in [0.15, 0.2) is 0 Å². The summed E-state index contributed by atoms with van der Waals surface area (Å²) in [4.78, 5) is 26.6. The number of methoxy groups -OCH3 is 1. The van der Waals surface area contributed by atoms with Crippen LogP contribution in [0.25, 0.3) is 0 Å². The van der Waals surface area contributed by atoms with Gasteiger partial charge in [-0.05, 0) is 49.9 Å². The minimum atomic E-state index is -0.831. The highest BCUT2D eigenvalue weighted by Gasteiger charge is 2.47. The Morgan fingerprint density at radius 2 is 2.00 bits per heavy atom. The van der Waals surface area contributed by atoms with Gasteiger partial charge in [-0.2, -0.15) is 0 Å². The molecule has 0 spiro atoms. The number of benzene rings is 1. The molecule has 2 amide bonds. The van der Waals surface area contributed by atoms with Crippen LogP contribution in [0.1, 0.15) is 40.0 Å². The molecule has 1 saturated heterocycles. The Labute approximate surface area is 138 Å². The van der Waals surface area contributed by atoms with Crippen molar-refractivity contribution in [1.29, 1.82) is 0 Å². The molecule has 0 saturated carbocycles. The molecule has 2 rings (SSSR count). The van der Waals surface area contributed by atoms with E-state index in [4.69, 9.17) is 4.74 Å². The van der Waals surface area contributed by atoms with E-state index in [0.717, 1.165) is 17.9 Å². The number of anilines is 1. The summed E-state index contributed by atoms with van der Waals surface area (Å²) in [5.41, 5.74) is -0.0994. The average Bonchev–Trinajstić information content (AvgIpc) is 2.83. The summed E-state index contributed by atoms with van der Waals surface area (Å²) in [5.74, 6) is 1.16. The molecule has 126 valence electrons. The van der Waals surface area contributed by atoms with Crippen molar-refractivity contribution in [1.82, 2.24) is 5.32 Å². The standard InChI is InChI=1S/C18H26N2O3/c1-13(2)10-12-19-17(22)18(3)11-9-16(21)20(18)14-5-7-15(23-4)8-6-14/h5-8,13H,9-12H2,1-4H3,(H,19,22)/t18-/m0/s1. The molecular weight excluding hydrogens is 292 g/mol. The number of nitrogens with zero attached hydrogens (tertiary/aromatic N) is 1. The first-order chi connectivity index (χ1) is 10.9. The molecule has 0 bridgehead atoms. The number of hydrogen-bond donors (Lipinski definition) is 1. The lowest BCUT2D eigenvalue weighted by Gasteiger charge is -2.34. The zero-order valence-electron chi connectivity index (χ0n) is 14.4. The molecule has 0 radical (unpaired) electrons. The monoisotopic (exact) mass is 318 g/mol. The number of carbonyl (C=O) groups excluding carboxylic acids is 2. The van der Waals surface area contributed by atoms with Crippen LogP contribution < -0.4 is 15.0 Å². The second-order valence-electron chi connectivity index (χ2n) is 6.64. The first-order valence-corrected chi connectivity index (χ1v) is 8.14. The molecule has 1 aromatic rings. The van der Waals surface area contributed by atoms with E-state index in [2.05, 4.69) is 19.2 Å². The Morgan fingerprint density at radius 3 is 2.57 bits per heavy atom. The highest BCUT2D eigenvalue weighted by molar-refractivity contribution is 6.06. The number of rotatable bonds is 6. The van der Waals surface area contributed by atoms with Crippen LogP contribution in [0.15, 0.2) is 24.3 Å². The van der Waals surface area contributed by atoms with E-state index in [1.807, 2.05) is 19.1 Å². The Bertz CT molecular complexity index is 568. The molecule has 1 heterocycles. The van der Waals surface area contributed by atoms with Crippen LogP contribution in [-0.4, -0.2) is 31.0 Å². The van der Waals surface area contributed by atoms with Crippen LogP contribution in [0.5, 0.6) is 5.75 Å². The summed E-state index contributed by atoms with van der Waals surface area (Å²) < 4.78 is 5.15. The lowest BCUT2D eigenvalue weighted by molar-refractivity contribution is -0.127. The molecule has 0 unspecified atom stereocenters. The second kappa shape index (κ2) is 7.02. The van der Waals surface area contributed by atoms with Gasteiger partial charge in [0, 0.05) is 18.7 Å². The maximum Gasteiger partial charge on any atom is 0.246 e. The van der Waals surface area contributed by atoms with E-state index >= 15 is 0 Å². The lowest BCUT2D eigenvalue weighted by atomic mass is 9.96. The largest absolute Gasteiger partial charge is 0.497 e. The molecular formula is C18H26N2O3. The zero-order valence-corrected chi connectivity index (χ0v) is 14.4. The number of amides is 2. The molecule has 0 aliphatic carbocycles. The van der Waals surface area contributed by atoms with Gasteiger partial charge in [-0.1, -0.05) is 13.8 Å². The molecule has 1 atom stereocenters. The fourth-order valence-corrected chi connectivity index (χ4v) is 2.89. The van der Waals surface area contributed by atoms with Gasteiger partial charge < -0.3 is 10.1 Å². The summed E-state index contributed by atoms with van der Waals surface area (Å²) in [6, 6.07) is 7.25. The third-order valence-corrected chi connectivity index (χ3v) is 4.40. The molecule has 0 aromatic heterocycles. The minimum absolute atomic E-state index is 0.0170. The van der Waals surface area contributed by atoms with Gasteiger partial charge >= 0.3 is 0 Å². The van der Waals surface area contributed by atoms with Crippen molar-refractivity contribution in [3.8, 4) is 5.75 Å². The first kappa shape index (κ1) is 17.3. The molecule has 1 fully saturated rings. The minimum Gasteiger partial charge on any atom is -0.497 e. The Kier molecular flexibility index (Phi) is 5.29. The number of nitrogens with one attached hydrogen (secondary N) is 1. The Morgan fingerprint density at radius 1 is 1.35 bits per heavy atom. The van der Waals surface area contributed by atoms with Gasteiger partial charge in [0.2, 0.25) is 11.8 Å². The predicted molar refractivity (Wildman–Crippen MR) is 90.6 cm³/mol. The van der Waals surface area contributed by atoms with Gasteiger partial charge in [0.05, 0.1) is 7.11 Å². The van der Waals surface area contributed by atoms with E-state index < -0.39 is 5.54 Å². The third kappa shape index (κ3) is 3.66. The number of hydrogen-bond acceptors (Lipinski definition) is 3. The van der Waals surface area contributed by atoms with Crippen molar-refractivity contribution >= 4 is 17.5 Å². The molecule has 5 heteroatoms. The fourth-order valence-electron chi connectivity index (χ4n) is 2.89. The molecule has 1 aliphatic rings. The summed E-state index contributed by atoms with van der Waals surface area (Å²) in [5, 5.41) is 2.98. The van der Waals surface area contributed by atoms with Crippen molar-refractivity contribution in [2.24, 2.45) is 5.92 Å². The fraction of sp³-hybridized carbons (Fsp3) is 0.556. The predicted octanol–water partition coefficient (Wildman–Crippen LogP) is 2.74. The number of ether oxygens (including phenoxy) is 1. The van der Waals surface area contributed by atoms with Gasteiger partial charge in [0.25, 0.3) is 0 Å². The lowest BCUT2D eigenvalue weighted by Crippen LogP contribution is -2.55. The Balaban J connectivity index is 2.18. The summed E-state index contributed by atoms with van der Waals surface area (Å²) in [6.45, 7) is 6.72. The van der Waals surface area contributed by atoms with E-state index in [1.165, 1.54) is 0 Å². The van der Waals surface area contributed by atoms with Gasteiger partial charge in [-0.3, -0.25) is 14.5 Å². The van der Waals surface area contributed by atoms with Crippen molar-refractivity contribution < 1.29 is 14.3 Å². The first-order valence-electron chi connectivity index (χ1n) is 8.14. The maximum atomic E-state index is 12.7. The highest BCUT2D eigenvalue weighted by Crippen LogP contribution is 2.35. The topological polar surface area (TPSA) is 58.6 Å². The van der Waals surface area contributed by atoms with Gasteiger partial charge in [-0.25, -0.2) is 0 Å². The van der Waals surface area contributed by atoms with Crippen LogP contribution in [-0.2, 0) is 9.59 Å². The van der Waals surface area contributed by atoms with Crippen molar-refractivity contribution in [3.05, 3.63) is 24.3 Å². The van der Waals surface area contributed by atoms with Crippen molar-refractivity contribution in [2.45, 2.75) is 45.6 Å². The van der Waals surface area contributed by atoms with E-state index in [1.54, 1.807) is 24.1 Å². The zero-order chi connectivity index (χ0) is 17.0. The average molecular weight is 318 g/mol. The normalized spacial score (nSPS) is 20.9. The van der Waals surface area contributed by atoms with Crippen LogP contribution >= 0.6 is 0 Å². The van der Waals surface area contributed by atoms with Gasteiger partial charge in [-0.15, -0.1) is 0 Å². The Hall–Kier alpha value is -2.04. The maximum absolute atomic E-state index is 12.7. The summed E-state index contributed by atoms with van der Waals surface area (Å²) in [7, 11) is 1.60. The molecule has 1 aliphatic heterocycles. The van der Waals surface area contributed by atoms with E-state index in [0.29, 0.717) is 25.3 Å². The van der Waals surface area contributed by atoms with Crippen LogP contribution in [0.4, 0.5) is 5.69 Å². The SMILES string of the molecule is COc1ccc(N2C(=O)CC[C@@]2(C)C(=O)NCCC(C)C)cc1. The third-order valence-electron chi connectivity index (χ3n) is 4.40. The smallest absolute Gasteiger partial charge is 0.246 e. The van der Waals surface area contributed by atoms with Crippen molar-refractivity contribution in [3.63, 3.8) is 0 Å². The quantitative estimate of drug-likeness (QED) is 0.877. The van der Waals surface area contributed by atoms with Crippen LogP contribution in [0.2, 0.25) is 0 Å². The summed E-state index contributed by atoms with van der Waals surface area (Å²) >= 11 is 0. The van der Waals surface area contributed by atoms with Crippen LogP contribution in [0, 0.1) is 5.92 Å². The highest BCUT2D eigenvalue weighted by atomic mass is 16.5. The molecule has 5 nitrogen and oxygen atoms in total. The molecule has 1 aromatic carbocycles. The number of carbonyl (C=O) groups is 2. The van der Waals surface area contributed by atoms with E-state index in [9.17, 15) is 9.59 Å². The van der Waals surface area contributed by atoms with Crippen molar-refractivity contribution in [2.75, 3.05) is 18.6 Å². The molecule has 23 heavy (non-hydrogen) atoms. The second-order valence-corrected chi connectivity index (χ2v) is 6.64. The van der Waals surface area contributed by atoms with Gasteiger partial charge in [0.1, 0.15) is 11.3 Å². The summed E-state index contributed by atoms with van der Waals surface area (Å²) in [6.07, 6.45) is 1.85. The van der Waals surface area contributed by atoms with Crippen LogP contribution in [0.3, 0.4) is 0 Å². The molecule has 1 N–H and O–H groups in total. The van der Waals surface area contributed by atoms with E-state index in [-0.39, 0.29) is 11.8 Å².